The van der Waals surface area contributed by atoms with Crippen LogP contribution in [0.1, 0.15) is 21.0 Å². The van der Waals surface area contributed by atoms with Crippen molar-refractivity contribution in [2.75, 3.05) is 0 Å². The summed E-state index contributed by atoms with van der Waals surface area (Å²) in [7, 11) is 0. The molecule has 5 heteroatoms. The van der Waals surface area contributed by atoms with Crippen LogP contribution < -0.4 is 5.73 Å². The average Bonchev–Trinajstić information content (AvgIpc) is 2.78. The smallest absolute Gasteiger partial charge is 0.284 e. The summed E-state index contributed by atoms with van der Waals surface area (Å²) in [6.07, 6.45) is 3.00. The number of imidazole rings is 1. The maximum atomic E-state index is 11.9. The first-order valence-corrected chi connectivity index (χ1v) is 5.07. The van der Waals surface area contributed by atoms with E-state index in [2.05, 4.69) is 4.98 Å². The Kier molecular flexibility index (Phi) is 3.00. The fraction of sp³-hybridized carbons (Fsp3) is 0.0833. The lowest BCUT2D eigenvalue weighted by Crippen LogP contribution is -2.20. The van der Waals surface area contributed by atoms with Gasteiger partial charge < -0.3 is 10.3 Å². The summed E-state index contributed by atoms with van der Waals surface area (Å²) in [6, 6.07) is 8.86. The maximum absolute atomic E-state index is 11.9. The van der Waals surface area contributed by atoms with Crippen molar-refractivity contribution in [1.29, 1.82) is 0 Å². The zero-order chi connectivity index (χ0) is 12.3. The molecule has 0 aliphatic rings. The Morgan fingerprint density at radius 1 is 1.24 bits per heavy atom. The molecule has 0 unspecified atom stereocenters. The van der Waals surface area contributed by atoms with E-state index in [9.17, 15) is 9.59 Å². The topological polar surface area (TPSA) is 78.0 Å². The third-order valence-corrected chi connectivity index (χ3v) is 2.35. The molecule has 0 saturated carbocycles. The predicted molar refractivity (Wildman–Crippen MR) is 61.5 cm³/mol. The standard InChI is InChI=1S/C12H11N3O2/c13-11(17)12-14-6-7-15(12)8-10(16)9-4-2-1-3-5-9/h1-7H,8H2,(H2,13,17). The molecule has 2 aromatic rings. The highest BCUT2D eigenvalue weighted by Crippen LogP contribution is 2.04. The third kappa shape index (κ3) is 2.39. The van der Waals surface area contributed by atoms with Crippen molar-refractivity contribution in [3.05, 3.63) is 54.1 Å². The zero-order valence-electron chi connectivity index (χ0n) is 9.04. The number of benzene rings is 1. The zero-order valence-corrected chi connectivity index (χ0v) is 9.04. The van der Waals surface area contributed by atoms with Gasteiger partial charge in [0.05, 0.1) is 6.54 Å². The van der Waals surface area contributed by atoms with Gasteiger partial charge in [-0.25, -0.2) is 4.98 Å². The molecule has 0 fully saturated rings. The second-order valence-electron chi connectivity index (χ2n) is 3.53. The number of carbonyl (C=O) groups is 2. The molecule has 0 spiro atoms. The summed E-state index contributed by atoms with van der Waals surface area (Å²) in [6.45, 7) is 0.0578. The van der Waals surface area contributed by atoms with Gasteiger partial charge in [0.15, 0.2) is 11.6 Å². The van der Waals surface area contributed by atoms with Crippen LogP contribution in [0.3, 0.4) is 0 Å². The molecular formula is C12H11N3O2. The Bertz CT molecular complexity index is 546. The van der Waals surface area contributed by atoms with Crippen molar-refractivity contribution >= 4 is 11.7 Å². The number of ketones is 1. The minimum atomic E-state index is -0.643. The van der Waals surface area contributed by atoms with Gasteiger partial charge in [0.25, 0.3) is 5.91 Å². The Hall–Kier alpha value is -2.43. The Balaban J connectivity index is 2.19. The minimum Gasteiger partial charge on any atom is -0.363 e. The molecule has 17 heavy (non-hydrogen) atoms. The van der Waals surface area contributed by atoms with Gasteiger partial charge in [-0.2, -0.15) is 0 Å². The SMILES string of the molecule is NC(=O)c1nccn1CC(=O)c1ccccc1. The number of rotatable bonds is 4. The van der Waals surface area contributed by atoms with Crippen LogP contribution in [0.4, 0.5) is 0 Å². The second-order valence-corrected chi connectivity index (χ2v) is 3.53. The predicted octanol–water partition coefficient (Wildman–Crippen LogP) is 0.865. The van der Waals surface area contributed by atoms with Crippen molar-refractivity contribution in [3.8, 4) is 0 Å². The van der Waals surface area contributed by atoms with Crippen LogP contribution in [-0.4, -0.2) is 21.2 Å². The van der Waals surface area contributed by atoms with Crippen molar-refractivity contribution in [3.63, 3.8) is 0 Å². The molecule has 0 radical (unpaired) electrons. The van der Waals surface area contributed by atoms with Crippen molar-refractivity contribution < 1.29 is 9.59 Å². The molecule has 1 aromatic heterocycles. The van der Waals surface area contributed by atoms with E-state index >= 15 is 0 Å². The van der Waals surface area contributed by atoms with Crippen molar-refractivity contribution in [2.45, 2.75) is 6.54 Å². The average molecular weight is 229 g/mol. The molecule has 0 saturated heterocycles. The van der Waals surface area contributed by atoms with Crippen LogP contribution in [0.5, 0.6) is 0 Å². The van der Waals surface area contributed by atoms with Gasteiger partial charge in [-0.3, -0.25) is 9.59 Å². The molecule has 0 aliphatic heterocycles. The fourth-order valence-corrected chi connectivity index (χ4v) is 1.53. The second kappa shape index (κ2) is 4.61. The number of hydrogen-bond acceptors (Lipinski definition) is 3. The fourth-order valence-electron chi connectivity index (χ4n) is 1.53. The van der Waals surface area contributed by atoms with Crippen molar-refractivity contribution in [2.24, 2.45) is 5.73 Å². The molecule has 2 N–H and O–H groups in total. The lowest BCUT2D eigenvalue weighted by atomic mass is 10.1. The summed E-state index contributed by atoms with van der Waals surface area (Å²) in [5.41, 5.74) is 5.73. The van der Waals surface area contributed by atoms with Crippen LogP contribution in [-0.2, 0) is 6.54 Å². The van der Waals surface area contributed by atoms with Crippen LogP contribution in [0.25, 0.3) is 0 Å². The Morgan fingerprint density at radius 3 is 2.59 bits per heavy atom. The molecule has 1 aromatic carbocycles. The van der Waals surface area contributed by atoms with Gasteiger partial charge in [0.1, 0.15) is 0 Å². The number of aromatic nitrogens is 2. The quantitative estimate of drug-likeness (QED) is 0.790. The van der Waals surface area contributed by atoms with Crippen LogP contribution >= 0.6 is 0 Å². The molecule has 0 aliphatic carbocycles. The molecule has 5 nitrogen and oxygen atoms in total. The molecule has 0 bridgehead atoms. The van der Waals surface area contributed by atoms with Crippen LogP contribution in [0.15, 0.2) is 42.7 Å². The maximum Gasteiger partial charge on any atom is 0.284 e. The van der Waals surface area contributed by atoms with E-state index in [-0.39, 0.29) is 18.2 Å². The summed E-state index contributed by atoms with van der Waals surface area (Å²) < 4.78 is 1.44. The first-order chi connectivity index (χ1) is 8.18. The highest BCUT2D eigenvalue weighted by Gasteiger charge is 2.12. The highest BCUT2D eigenvalue weighted by atomic mass is 16.1. The Labute approximate surface area is 97.9 Å². The van der Waals surface area contributed by atoms with Gasteiger partial charge in [-0.15, -0.1) is 0 Å². The van der Waals surface area contributed by atoms with Gasteiger partial charge >= 0.3 is 0 Å². The summed E-state index contributed by atoms with van der Waals surface area (Å²) >= 11 is 0. The number of primary amides is 1. The lowest BCUT2D eigenvalue weighted by Gasteiger charge is -2.04. The van der Waals surface area contributed by atoms with E-state index in [0.717, 1.165) is 0 Å². The van der Waals surface area contributed by atoms with E-state index in [1.54, 1.807) is 30.5 Å². The van der Waals surface area contributed by atoms with E-state index in [1.807, 2.05) is 6.07 Å². The normalized spacial score (nSPS) is 10.1. The monoisotopic (exact) mass is 229 g/mol. The molecule has 0 atom stereocenters. The highest BCUT2D eigenvalue weighted by molar-refractivity contribution is 5.96. The van der Waals surface area contributed by atoms with Crippen LogP contribution in [0, 0.1) is 0 Å². The number of hydrogen-bond donors (Lipinski definition) is 1. The molecule has 1 amide bonds. The van der Waals surface area contributed by atoms with Gasteiger partial charge in [0, 0.05) is 18.0 Å². The van der Waals surface area contributed by atoms with Gasteiger partial charge in [-0.05, 0) is 0 Å². The van der Waals surface area contributed by atoms with Gasteiger partial charge in [0.2, 0.25) is 0 Å². The summed E-state index contributed by atoms with van der Waals surface area (Å²) in [4.78, 5) is 26.7. The molecule has 1 heterocycles. The molecule has 86 valence electrons. The molecular weight excluding hydrogens is 218 g/mol. The Morgan fingerprint density at radius 2 is 1.94 bits per heavy atom. The van der Waals surface area contributed by atoms with Gasteiger partial charge in [-0.1, -0.05) is 30.3 Å². The number of carbonyl (C=O) groups excluding carboxylic acids is 2. The number of amides is 1. The van der Waals surface area contributed by atoms with E-state index < -0.39 is 5.91 Å². The van der Waals surface area contributed by atoms with Crippen molar-refractivity contribution in [1.82, 2.24) is 9.55 Å². The number of nitrogens with two attached hydrogens (primary N) is 1. The number of nitrogens with zero attached hydrogens (tertiary/aromatic N) is 2. The first-order valence-electron chi connectivity index (χ1n) is 5.07. The van der Waals surface area contributed by atoms with E-state index in [0.29, 0.717) is 5.56 Å². The van der Waals surface area contributed by atoms with E-state index in [4.69, 9.17) is 5.73 Å². The lowest BCUT2D eigenvalue weighted by molar-refractivity contribution is 0.0961. The molecule has 2 rings (SSSR count). The van der Waals surface area contributed by atoms with Crippen LogP contribution in [0.2, 0.25) is 0 Å². The minimum absolute atomic E-state index is 0.0578. The van der Waals surface area contributed by atoms with E-state index in [1.165, 1.54) is 10.8 Å². The summed E-state index contributed by atoms with van der Waals surface area (Å²) in [5, 5.41) is 0. The number of Topliss-reactive ketones (excluding diaryl/α,β-unsaturated/α-hetero) is 1. The first kappa shape index (κ1) is 11.1. The summed E-state index contributed by atoms with van der Waals surface area (Å²) in [5.74, 6) is -0.642. The third-order valence-electron chi connectivity index (χ3n) is 2.35. The largest absolute Gasteiger partial charge is 0.363 e.